The first-order valence-corrected chi connectivity index (χ1v) is 7.55. The first-order valence-electron chi connectivity index (χ1n) is 6.73. The first kappa shape index (κ1) is 14.3. The van der Waals surface area contributed by atoms with Crippen molar-refractivity contribution in [2.24, 2.45) is 0 Å². The molecule has 6 heteroatoms. The molecule has 1 aromatic rings. The Morgan fingerprint density at radius 3 is 2.89 bits per heavy atom. The molecular weight excluding hydrogens is 262 g/mol. The lowest BCUT2D eigenvalue weighted by Gasteiger charge is -2.28. The van der Waals surface area contributed by atoms with Crippen LogP contribution in [0.1, 0.15) is 48.5 Å². The lowest BCUT2D eigenvalue weighted by Crippen LogP contribution is -2.49. The average molecular weight is 283 g/mol. The predicted molar refractivity (Wildman–Crippen MR) is 75.2 cm³/mol. The van der Waals surface area contributed by atoms with Crippen LogP contribution in [0.3, 0.4) is 0 Å². The first-order chi connectivity index (χ1) is 9.06. The molecule has 0 aliphatic heterocycles. The van der Waals surface area contributed by atoms with Crippen LogP contribution in [0.15, 0.2) is 6.20 Å². The number of nitrogens with zero attached hydrogens (tertiary/aromatic N) is 1. The number of amides is 2. The summed E-state index contributed by atoms with van der Waals surface area (Å²) in [6, 6.07) is -0.468. The smallest absolute Gasteiger partial charge is 0.315 e. The molecule has 2 amide bonds. The summed E-state index contributed by atoms with van der Waals surface area (Å²) in [6.07, 6.45) is 5.10. The lowest BCUT2D eigenvalue weighted by molar-refractivity contribution is 0.0941. The van der Waals surface area contributed by atoms with Gasteiger partial charge < -0.3 is 15.7 Å². The fraction of sp³-hybridized carbons (Fsp3) is 0.692. The molecule has 3 N–H and O–H groups in total. The molecule has 0 bridgehead atoms. The van der Waals surface area contributed by atoms with E-state index in [1.54, 1.807) is 17.5 Å². The molecular formula is C13H21N3O2S. The highest BCUT2D eigenvalue weighted by Gasteiger charge is 2.25. The third-order valence-electron chi connectivity index (χ3n) is 3.40. The maximum Gasteiger partial charge on any atom is 0.315 e. The molecule has 1 saturated carbocycles. The third-order valence-corrected chi connectivity index (χ3v) is 4.50. The average Bonchev–Trinajstić information content (AvgIpc) is 2.79. The third kappa shape index (κ3) is 3.91. The monoisotopic (exact) mass is 283 g/mol. The number of carbonyl (C=O) groups excluding carboxylic acids is 1. The minimum Gasteiger partial charge on any atom is -0.391 e. The van der Waals surface area contributed by atoms with E-state index in [1.807, 2.05) is 13.8 Å². The van der Waals surface area contributed by atoms with Gasteiger partial charge in [-0.1, -0.05) is 12.8 Å². The van der Waals surface area contributed by atoms with E-state index in [1.165, 1.54) is 0 Å². The standard InChI is InChI=1S/C13H21N3O2S/c1-8-7-14-12(19-8)9(2)15-13(18)16-10-5-3-4-6-11(10)17/h7,9-11,17H,3-6H2,1-2H3,(H2,15,16,18). The van der Waals surface area contributed by atoms with Gasteiger partial charge in [0.1, 0.15) is 5.01 Å². The summed E-state index contributed by atoms with van der Waals surface area (Å²) >= 11 is 1.58. The molecule has 1 heterocycles. The predicted octanol–water partition coefficient (Wildman–Crippen LogP) is 2.12. The van der Waals surface area contributed by atoms with Crippen molar-refractivity contribution in [3.8, 4) is 0 Å². The highest BCUT2D eigenvalue weighted by molar-refractivity contribution is 7.11. The molecule has 0 aromatic carbocycles. The summed E-state index contributed by atoms with van der Waals surface area (Å²) in [4.78, 5) is 17.3. The fourth-order valence-corrected chi connectivity index (χ4v) is 3.10. The lowest BCUT2D eigenvalue weighted by atomic mass is 9.93. The van der Waals surface area contributed by atoms with Crippen LogP contribution in [-0.2, 0) is 0 Å². The van der Waals surface area contributed by atoms with Crippen molar-refractivity contribution >= 4 is 17.4 Å². The van der Waals surface area contributed by atoms with Gasteiger partial charge in [-0.3, -0.25) is 0 Å². The van der Waals surface area contributed by atoms with Gasteiger partial charge in [-0.15, -0.1) is 11.3 Å². The van der Waals surface area contributed by atoms with E-state index in [4.69, 9.17) is 0 Å². The van der Waals surface area contributed by atoms with E-state index in [0.717, 1.165) is 35.6 Å². The van der Waals surface area contributed by atoms with Crippen molar-refractivity contribution in [2.45, 2.75) is 57.7 Å². The number of nitrogens with one attached hydrogen (secondary N) is 2. The van der Waals surface area contributed by atoms with Crippen molar-refractivity contribution in [1.82, 2.24) is 15.6 Å². The van der Waals surface area contributed by atoms with Gasteiger partial charge in [-0.05, 0) is 26.7 Å². The van der Waals surface area contributed by atoms with Gasteiger partial charge in [0.15, 0.2) is 0 Å². The van der Waals surface area contributed by atoms with E-state index >= 15 is 0 Å². The van der Waals surface area contributed by atoms with Crippen LogP contribution in [0.4, 0.5) is 4.79 Å². The van der Waals surface area contributed by atoms with Gasteiger partial charge in [-0.25, -0.2) is 9.78 Å². The van der Waals surface area contributed by atoms with Crippen molar-refractivity contribution in [3.05, 3.63) is 16.1 Å². The topological polar surface area (TPSA) is 74.2 Å². The van der Waals surface area contributed by atoms with E-state index in [-0.39, 0.29) is 18.1 Å². The van der Waals surface area contributed by atoms with Gasteiger partial charge in [0, 0.05) is 11.1 Å². The Hall–Kier alpha value is -1.14. The second-order valence-electron chi connectivity index (χ2n) is 5.11. The zero-order valence-corrected chi connectivity index (χ0v) is 12.2. The van der Waals surface area contributed by atoms with Crippen molar-refractivity contribution in [1.29, 1.82) is 0 Å². The van der Waals surface area contributed by atoms with Gasteiger partial charge in [0.2, 0.25) is 0 Å². The minimum atomic E-state index is -0.420. The fourth-order valence-electron chi connectivity index (χ4n) is 2.32. The number of aliphatic hydroxyl groups is 1. The number of aryl methyl sites for hydroxylation is 1. The number of aliphatic hydroxyl groups excluding tert-OH is 1. The molecule has 1 fully saturated rings. The quantitative estimate of drug-likeness (QED) is 0.795. The zero-order valence-electron chi connectivity index (χ0n) is 11.3. The van der Waals surface area contributed by atoms with Crippen LogP contribution in [0, 0.1) is 6.92 Å². The van der Waals surface area contributed by atoms with Gasteiger partial charge >= 0.3 is 6.03 Å². The van der Waals surface area contributed by atoms with Crippen LogP contribution in [0.2, 0.25) is 0 Å². The maximum atomic E-state index is 11.9. The highest BCUT2D eigenvalue weighted by atomic mass is 32.1. The van der Waals surface area contributed by atoms with E-state index < -0.39 is 6.10 Å². The largest absolute Gasteiger partial charge is 0.391 e. The summed E-state index contributed by atoms with van der Waals surface area (Å²) in [5.74, 6) is 0. The van der Waals surface area contributed by atoms with Gasteiger partial charge in [0.25, 0.3) is 0 Å². The summed E-state index contributed by atoms with van der Waals surface area (Å²) < 4.78 is 0. The molecule has 5 nitrogen and oxygen atoms in total. The Morgan fingerprint density at radius 1 is 1.53 bits per heavy atom. The second kappa shape index (κ2) is 6.34. The van der Waals surface area contributed by atoms with E-state index in [2.05, 4.69) is 15.6 Å². The Labute approximate surface area is 117 Å². The minimum absolute atomic E-state index is 0.112. The number of carbonyl (C=O) groups is 1. The summed E-state index contributed by atoms with van der Waals surface area (Å²) in [5.41, 5.74) is 0. The Kier molecular flexibility index (Phi) is 4.76. The second-order valence-corrected chi connectivity index (χ2v) is 6.37. The molecule has 1 aliphatic rings. The molecule has 3 atom stereocenters. The van der Waals surface area contributed by atoms with Gasteiger partial charge in [-0.2, -0.15) is 0 Å². The summed E-state index contributed by atoms with van der Waals surface area (Å²) in [7, 11) is 0. The SMILES string of the molecule is Cc1cnc(C(C)NC(=O)NC2CCCCC2O)s1. The molecule has 0 spiro atoms. The Balaban J connectivity index is 1.83. The maximum absolute atomic E-state index is 11.9. The van der Waals surface area contributed by atoms with Crippen molar-refractivity contribution in [2.75, 3.05) is 0 Å². The van der Waals surface area contributed by atoms with Crippen LogP contribution in [-0.4, -0.2) is 28.3 Å². The van der Waals surface area contributed by atoms with Crippen LogP contribution >= 0.6 is 11.3 Å². The molecule has 3 unspecified atom stereocenters. The van der Waals surface area contributed by atoms with Crippen LogP contribution in [0.25, 0.3) is 0 Å². The van der Waals surface area contributed by atoms with E-state index in [0.29, 0.717) is 0 Å². The normalized spacial score (nSPS) is 24.8. The molecule has 2 rings (SSSR count). The van der Waals surface area contributed by atoms with E-state index in [9.17, 15) is 9.90 Å². The van der Waals surface area contributed by atoms with Crippen LogP contribution in [0.5, 0.6) is 0 Å². The number of hydrogen-bond acceptors (Lipinski definition) is 4. The van der Waals surface area contributed by atoms with Crippen molar-refractivity contribution < 1.29 is 9.90 Å². The number of hydrogen-bond donors (Lipinski definition) is 3. The number of rotatable bonds is 3. The number of thiazole rings is 1. The molecule has 0 radical (unpaired) electrons. The van der Waals surface area contributed by atoms with Crippen molar-refractivity contribution in [3.63, 3.8) is 0 Å². The van der Waals surface area contributed by atoms with Crippen LogP contribution < -0.4 is 10.6 Å². The molecule has 106 valence electrons. The highest BCUT2D eigenvalue weighted by Crippen LogP contribution is 2.20. The molecule has 1 aliphatic carbocycles. The number of aromatic nitrogens is 1. The van der Waals surface area contributed by atoms with Gasteiger partial charge in [0.05, 0.1) is 18.2 Å². The Morgan fingerprint density at radius 2 is 2.26 bits per heavy atom. The summed E-state index contributed by atoms with van der Waals surface area (Å²) in [5, 5.41) is 16.4. The Bertz CT molecular complexity index is 435. The zero-order chi connectivity index (χ0) is 13.8. The number of urea groups is 1. The summed E-state index contributed by atoms with van der Waals surface area (Å²) in [6.45, 7) is 3.90. The molecule has 1 aromatic heterocycles. The molecule has 19 heavy (non-hydrogen) atoms. The molecule has 0 saturated heterocycles.